The Morgan fingerprint density at radius 3 is 2.23 bits per heavy atom. The standard InChI is InChI=1S/C32H35N5O3/c1-4-35(3)31(39)24-13-16-26-27(21-24)34-30(38)28(26)29(22-9-7-6-8-10-22)33-25-14-11-23(12-15-25)32(40)37-19-17-36(5-2)18-20-37/h6-16,21,28H,4-5,17-20H2,1-3H3,(H,34,38). The minimum absolute atomic E-state index is 0.0257. The molecule has 5 rings (SSSR count). The number of rotatable bonds is 7. The summed E-state index contributed by atoms with van der Waals surface area (Å²) in [5.41, 5.74) is 4.65. The van der Waals surface area contributed by atoms with E-state index < -0.39 is 5.92 Å². The molecule has 0 aliphatic carbocycles. The number of benzene rings is 3. The number of fused-ring (bicyclic) bond motifs is 1. The quantitative estimate of drug-likeness (QED) is 0.453. The van der Waals surface area contributed by atoms with E-state index in [4.69, 9.17) is 4.99 Å². The SMILES string of the molecule is CCN1CCN(C(=O)c2ccc(N=C(c3ccccc3)C3C(=O)Nc4cc(C(=O)N(C)CC)ccc43)cc2)CC1. The number of aliphatic imine (C=N–C) groups is 1. The van der Waals surface area contributed by atoms with Gasteiger partial charge in [0.2, 0.25) is 5.91 Å². The normalized spacial score (nSPS) is 17.4. The summed E-state index contributed by atoms with van der Waals surface area (Å²) in [5.74, 6) is -0.898. The fraction of sp³-hybridized carbons (Fsp3) is 0.312. The maximum atomic E-state index is 13.3. The van der Waals surface area contributed by atoms with Gasteiger partial charge in [0.15, 0.2) is 0 Å². The summed E-state index contributed by atoms with van der Waals surface area (Å²) in [7, 11) is 1.75. The van der Waals surface area contributed by atoms with Crippen LogP contribution in [0.15, 0.2) is 77.8 Å². The van der Waals surface area contributed by atoms with E-state index >= 15 is 0 Å². The van der Waals surface area contributed by atoms with E-state index in [0.29, 0.717) is 34.8 Å². The molecule has 206 valence electrons. The zero-order chi connectivity index (χ0) is 28.2. The van der Waals surface area contributed by atoms with E-state index in [0.717, 1.165) is 43.9 Å². The smallest absolute Gasteiger partial charge is 0.253 e. The average Bonchev–Trinajstić information content (AvgIpc) is 3.34. The van der Waals surface area contributed by atoms with E-state index in [2.05, 4.69) is 17.1 Å². The van der Waals surface area contributed by atoms with Gasteiger partial charge in [-0.15, -0.1) is 0 Å². The number of nitrogens with one attached hydrogen (secondary N) is 1. The lowest BCUT2D eigenvalue weighted by molar-refractivity contribution is -0.115. The highest BCUT2D eigenvalue weighted by atomic mass is 16.2. The molecule has 0 radical (unpaired) electrons. The molecule has 3 aromatic rings. The van der Waals surface area contributed by atoms with Crippen LogP contribution in [0.5, 0.6) is 0 Å². The lowest BCUT2D eigenvalue weighted by Gasteiger charge is -2.34. The molecule has 1 N–H and O–H groups in total. The van der Waals surface area contributed by atoms with Crippen LogP contribution in [-0.2, 0) is 4.79 Å². The highest BCUT2D eigenvalue weighted by molar-refractivity contribution is 6.24. The third-order valence-electron chi connectivity index (χ3n) is 7.77. The molecule has 0 aromatic heterocycles. The molecule has 0 spiro atoms. The third kappa shape index (κ3) is 5.53. The number of likely N-dealkylation sites (N-methyl/N-ethyl adjacent to an activating group) is 1. The lowest BCUT2D eigenvalue weighted by Crippen LogP contribution is -2.48. The fourth-order valence-electron chi connectivity index (χ4n) is 5.20. The van der Waals surface area contributed by atoms with E-state index in [9.17, 15) is 14.4 Å². The van der Waals surface area contributed by atoms with Crippen molar-refractivity contribution >= 4 is 34.8 Å². The molecule has 0 bridgehead atoms. The first kappa shape index (κ1) is 27.3. The molecular formula is C32H35N5O3. The molecule has 8 heteroatoms. The van der Waals surface area contributed by atoms with E-state index in [1.54, 1.807) is 36.2 Å². The van der Waals surface area contributed by atoms with Gasteiger partial charge in [0, 0.05) is 56.6 Å². The van der Waals surface area contributed by atoms with Crippen molar-refractivity contribution in [1.82, 2.24) is 14.7 Å². The van der Waals surface area contributed by atoms with Crippen molar-refractivity contribution in [2.75, 3.05) is 51.6 Å². The van der Waals surface area contributed by atoms with Crippen LogP contribution in [0, 0.1) is 0 Å². The number of hydrogen-bond acceptors (Lipinski definition) is 5. The Labute approximate surface area is 235 Å². The predicted octanol–water partition coefficient (Wildman–Crippen LogP) is 4.41. The van der Waals surface area contributed by atoms with Crippen LogP contribution in [0.1, 0.15) is 51.6 Å². The first-order valence-electron chi connectivity index (χ1n) is 13.9. The highest BCUT2D eigenvalue weighted by Gasteiger charge is 2.36. The van der Waals surface area contributed by atoms with E-state index in [-0.39, 0.29) is 17.7 Å². The number of piperazine rings is 1. The van der Waals surface area contributed by atoms with Crippen LogP contribution < -0.4 is 5.32 Å². The van der Waals surface area contributed by atoms with E-state index in [1.807, 2.05) is 60.4 Å². The second-order valence-electron chi connectivity index (χ2n) is 10.2. The molecular weight excluding hydrogens is 502 g/mol. The Balaban J connectivity index is 1.44. The molecule has 1 atom stereocenters. The van der Waals surface area contributed by atoms with Gasteiger partial charge in [-0.3, -0.25) is 19.4 Å². The minimum Gasteiger partial charge on any atom is -0.342 e. The molecule has 2 heterocycles. The summed E-state index contributed by atoms with van der Waals surface area (Å²) < 4.78 is 0. The monoisotopic (exact) mass is 537 g/mol. The fourth-order valence-corrected chi connectivity index (χ4v) is 5.20. The molecule has 8 nitrogen and oxygen atoms in total. The number of carbonyl (C=O) groups excluding carboxylic acids is 3. The first-order chi connectivity index (χ1) is 19.4. The van der Waals surface area contributed by atoms with Gasteiger partial charge in [0.25, 0.3) is 11.8 Å². The largest absolute Gasteiger partial charge is 0.342 e. The van der Waals surface area contributed by atoms with Crippen LogP contribution in [0.2, 0.25) is 0 Å². The van der Waals surface area contributed by atoms with Gasteiger partial charge in [-0.25, -0.2) is 0 Å². The number of hydrogen-bond donors (Lipinski definition) is 1. The zero-order valence-electron chi connectivity index (χ0n) is 23.3. The molecule has 2 aliphatic heterocycles. The summed E-state index contributed by atoms with van der Waals surface area (Å²) in [6.07, 6.45) is 0. The van der Waals surface area contributed by atoms with Crippen molar-refractivity contribution in [1.29, 1.82) is 0 Å². The van der Waals surface area contributed by atoms with Gasteiger partial charge >= 0.3 is 0 Å². The Morgan fingerprint density at radius 2 is 1.57 bits per heavy atom. The van der Waals surface area contributed by atoms with Crippen LogP contribution >= 0.6 is 0 Å². The summed E-state index contributed by atoms with van der Waals surface area (Å²) in [6.45, 7) is 8.88. The number of anilines is 1. The highest BCUT2D eigenvalue weighted by Crippen LogP contribution is 2.37. The average molecular weight is 538 g/mol. The Bertz CT molecular complexity index is 1430. The second-order valence-corrected chi connectivity index (χ2v) is 10.2. The third-order valence-corrected chi connectivity index (χ3v) is 7.77. The minimum atomic E-state index is -0.637. The van der Waals surface area contributed by atoms with Crippen molar-refractivity contribution < 1.29 is 14.4 Å². The first-order valence-corrected chi connectivity index (χ1v) is 13.9. The van der Waals surface area contributed by atoms with Crippen LogP contribution in [0.4, 0.5) is 11.4 Å². The van der Waals surface area contributed by atoms with Crippen molar-refractivity contribution in [2.45, 2.75) is 19.8 Å². The van der Waals surface area contributed by atoms with Crippen molar-refractivity contribution in [2.24, 2.45) is 4.99 Å². The zero-order valence-corrected chi connectivity index (χ0v) is 23.3. The molecule has 3 amide bonds. The molecule has 40 heavy (non-hydrogen) atoms. The molecule has 3 aromatic carbocycles. The maximum Gasteiger partial charge on any atom is 0.253 e. The number of amides is 3. The topological polar surface area (TPSA) is 85.3 Å². The van der Waals surface area contributed by atoms with Crippen molar-refractivity contribution in [3.63, 3.8) is 0 Å². The second kappa shape index (κ2) is 11.8. The maximum absolute atomic E-state index is 13.3. The molecule has 1 saturated heterocycles. The van der Waals surface area contributed by atoms with Crippen LogP contribution in [0.25, 0.3) is 0 Å². The van der Waals surface area contributed by atoms with Gasteiger partial charge in [-0.2, -0.15) is 0 Å². The van der Waals surface area contributed by atoms with Gasteiger partial charge in [-0.05, 0) is 61.0 Å². The Hall–Kier alpha value is -4.30. The van der Waals surface area contributed by atoms with Gasteiger partial charge < -0.3 is 20.0 Å². The van der Waals surface area contributed by atoms with Gasteiger partial charge in [0.1, 0.15) is 5.92 Å². The summed E-state index contributed by atoms with van der Waals surface area (Å²) in [5, 5.41) is 2.96. The summed E-state index contributed by atoms with van der Waals surface area (Å²) in [6, 6.07) is 22.2. The summed E-state index contributed by atoms with van der Waals surface area (Å²) >= 11 is 0. The van der Waals surface area contributed by atoms with Crippen LogP contribution in [-0.4, -0.2) is 84.4 Å². The van der Waals surface area contributed by atoms with Crippen LogP contribution in [0.3, 0.4) is 0 Å². The molecule has 0 saturated carbocycles. The number of carbonyl (C=O) groups is 3. The Kier molecular flexibility index (Phi) is 8.07. The van der Waals surface area contributed by atoms with Gasteiger partial charge in [0.05, 0.1) is 11.4 Å². The molecule has 1 fully saturated rings. The van der Waals surface area contributed by atoms with Gasteiger partial charge in [-0.1, -0.05) is 43.3 Å². The molecule has 1 unspecified atom stereocenters. The lowest BCUT2D eigenvalue weighted by atomic mass is 9.90. The van der Waals surface area contributed by atoms with E-state index in [1.165, 1.54) is 0 Å². The van der Waals surface area contributed by atoms with Crippen molar-refractivity contribution in [3.05, 3.63) is 95.1 Å². The van der Waals surface area contributed by atoms with Crippen molar-refractivity contribution in [3.8, 4) is 0 Å². The molecule has 2 aliphatic rings. The summed E-state index contributed by atoms with van der Waals surface area (Å²) in [4.78, 5) is 49.9. The number of nitrogens with zero attached hydrogens (tertiary/aromatic N) is 4. The Morgan fingerprint density at radius 1 is 0.900 bits per heavy atom. The predicted molar refractivity (Wildman–Crippen MR) is 158 cm³/mol.